The van der Waals surface area contributed by atoms with Crippen molar-refractivity contribution in [1.82, 2.24) is 8.87 Å². The lowest BCUT2D eigenvalue weighted by atomic mass is 10.0. The van der Waals surface area contributed by atoms with Crippen LogP contribution in [0.2, 0.25) is 0 Å². The highest BCUT2D eigenvalue weighted by Gasteiger charge is 2.21. The number of thiazole rings is 1. The summed E-state index contributed by atoms with van der Waals surface area (Å²) in [5.41, 5.74) is 2.18. The number of carbonyl (C=O) groups excluding carboxylic acids is 2. The van der Waals surface area contributed by atoms with E-state index < -0.39 is 21.9 Å². The number of carbonyl (C=O) groups is 2. The first-order valence-electron chi connectivity index (χ1n) is 11.4. The summed E-state index contributed by atoms with van der Waals surface area (Å²) in [4.78, 5) is 29.8. The Morgan fingerprint density at radius 3 is 2.43 bits per heavy atom. The van der Waals surface area contributed by atoms with Crippen molar-refractivity contribution in [3.8, 4) is 0 Å². The number of aromatic nitrogens is 1. The van der Waals surface area contributed by atoms with Crippen molar-refractivity contribution in [1.29, 1.82) is 0 Å². The summed E-state index contributed by atoms with van der Waals surface area (Å²) in [5, 5.41) is 0. The van der Waals surface area contributed by atoms with Crippen LogP contribution in [0.15, 0.2) is 52.4 Å². The highest BCUT2D eigenvalue weighted by molar-refractivity contribution is 7.89. The number of unbranched alkanes of at least 4 members (excludes halogenated alkanes) is 1. The molecule has 0 bridgehead atoms. The predicted molar refractivity (Wildman–Crippen MR) is 137 cm³/mol. The van der Waals surface area contributed by atoms with Crippen LogP contribution in [0.3, 0.4) is 0 Å². The highest BCUT2D eigenvalue weighted by atomic mass is 32.2. The van der Waals surface area contributed by atoms with Crippen molar-refractivity contribution in [3.63, 3.8) is 0 Å². The molecule has 10 heteroatoms. The second-order valence-corrected chi connectivity index (χ2v) is 11.6. The molecule has 0 aliphatic heterocycles. The van der Waals surface area contributed by atoms with Gasteiger partial charge in [-0.25, -0.2) is 12.7 Å². The molecule has 0 atom stereocenters. The third-order valence-corrected chi connectivity index (χ3v) is 8.63. The van der Waals surface area contributed by atoms with Crippen LogP contribution in [0.25, 0.3) is 10.2 Å². The van der Waals surface area contributed by atoms with E-state index in [-0.39, 0.29) is 17.0 Å². The topological polar surface area (TPSA) is 98.0 Å². The molecule has 8 nitrogen and oxygen atoms in total. The van der Waals surface area contributed by atoms with E-state index >= 15 is 0 Å². The van der Waals surface area contributed by atoms with Crippen LogP contribution in [0.1, 0.15) is 55.5 Å². The number of amides is 1. The molecule has 35 heavy (non-hydrogen) atoms. The van der Waals surface area contributed by atoms with Gasteiger partial charge in [-0.3, -0.25) is 9.59 Å². The van der Waals surface area contributed by atoms with Gasteiger partial charge in [-0.2, -0.15) is 4.99 Å². The molecule has 0 fully saturated rings. The first-order valence-corrected chi connectivity index (χ1v) is 13.7. The van der Waals surface area contributed by atoms with Crippen molar-refractivity contribution in [3.05, 3.63) is 58.4 Å². The number of methoxy groups -OCH3 is 1. The summed E-state index contributed by atoms with van der Waals surface area (Å²) in [5.74, 6) is -0.649. The van der Waals surface area contributed by atoms with Crippen LogP contribution in [-0.4, -0.2) is 49.9 Å². The predicted octanol–water partition coefficient (Wildman–Crippen LogP) is 4.16. The zero-order valence-electron chi connectivity index (χ0n) is 20.6. The molecule has 0 radical (unpaired) electrons. The summed E-state index contributed by atoms with van der Waals surface area (Å²) in [6, 6.07) is 11.7. The molecule has 0 saturated carbocycles. The molecule has 0 unspecified atom stereocenters. The van der Waals surface area contributed by atoms with Gasteiger partial charge in [0.05, 0.1) is 22.2 Å². The third-order valence-electron chi connectivity index (χ3n) is 5.72. The van der Waals surface area contributed by atoms with Crippen molar-refractivity contribution in [2.75, 3.05) is 20.7 Å². The Morgan fingerprint density at radius 1 is 1.14 bits per heavy atom. The average molecular weight is 518 g/mol. The van der Waals surface area contributed by atoms with E-state index in [4.69, 9.17) is 4.74 Å². The number of ether oxygens (including phenoxy) is 1. The molecule has 0 aliphatic carbocycles. The van der Waals surface area contributed by atoms with Gasteiger partial charge in [0.15, 0.2) is 4.80 Å². The number of hydrogen-bond donors (Lipinski definition) is 0. The molecule has 0 aliphatic rings. The summed E-state index contributed by atoms with van der Waals surface area (Å²) < 4.78 is 34.2. The van der Waals surface area contributed by atoms with Crippen LogP contribution >= 0.6 is 11.3 Å². The first kappa shape index (κ1) is 26.8. The quantitative estimate of drug-likeness (QED) is 0.397. The minimum Gasteiger partial charge on any atom is -0.468 e. The van der Waals surface area contributed by atoms with Gasteiger partial charge in [0.25, 0.3) is 5.91 Å². The zero-order chi connectivity index (χ0) is 25.8. The lowest BCUT2D eigenvalue weighted by Crippen LogP contribution is -2.27. The molecule has 0 spiro atoms. The van der Waals surface area contributed by atoms with Gasteiger partial charge in [0.2, 0.25) is 10.0 Å². The Hall–Kier alpha value is -2.82. The molecule has 1 amide bonds. The largest absolute Gasteiger partial charge is 0.468 e. The van der Waals surface area contributed by atoms with Crippen molar-refractivity contribution < 1.29 is 22.7 Å². The summed E-state index contributed by atoms with van der Waals surface area (Å²) in [6.07, 6.45) is 1.66. The molecule has 1 aromatic heterocycles. The molecule has 3 rings (SSSR count). The monoisotopic (exact) mass is 517 g/mol. The average Bonchev–Trinajstić information content (AvgIpc) is 3.17. The number of fused-ring (bicyclic) bond motifs is 1. The number of benzene rings is 2. The lowest BCUT2D eigenvalue weighted by Gasteiger charge is -2.16. The molecule has 1 heterocycles. The van der Waals surface area contributed by atoms with Crippen LogP contribution < -0.4 is 4.80 Å². The summed E-state index contributed by atoms with van der Waals surface area (Å²) in [7, 11) is -0.768. The normalized spacial score (nSPS) is 12.6. The maximum atomic E-state index is 13.0. The molecule has 0 saturated heterocycles. The SMILES string of the molecule is CCCCN(C)S(=O)(=O)c1ccc(C(=O)N=c2sc3cc(C(C)C)ccc3n2CC(=O)OC)cc1. The van der Waals surface area contributed by atoms with Gasteiger partial charge in [-0.15, -0.1) is 0 Å². The standard InChI is InChI=1S/C25H31N3O5S2/c1-6-7-14-27(4)35(31,32)20-11-8-18(9-12-20)24(30)26-25-28(16-23(29)33-5)21-13-10-19(17(2)3)15-22(21)34-25/h8-13,15,17H,6-7,14,16H2,1-5H3. The molecule has 2 aromatic carbocycles. The van der Waals surface area contributed by atoms with E-state index in [0.29, 0.717) is 17.3 Å². The van der Waals surface area contributed by atoms with Crippen LogP contribution in [0, 0.1) is 0 Å². The second-order valence-electron chi connectivity index (χ2n) is 8.55. The maximum Gasteiger partial charge on any atom is 0.325 e. The molecular formula is C25H31N3O5S2. The molecule has 0 N–H and O–H groups in total. The van der Waals surface area contributed by atoms with Crippen LogP contribution in [0.4, 0.5) is 0 Å². The van der Waals surface area contributed by atoms with E-state index in [1.54, 1.807) is 11.6 Å². The Balaban J connectivity index is 1.98. The first-order chi connectivity index (χ1) is 16.6. The fourth-order valence-electron chi connectivity index (χ4n) is 3.48. The molecule has 3 aromatic rings. The van der Waals surface area contributed by atoms with Gasteiger partial charge in [-0.05, 0) is 54.3 Å². The summed E-state index contributed by atoms with van der Waals surface area (Å²) >= 11 is 1.31. The van der Waals surface area contributed by atoms with E-state index in [1.165, 1.54) is 47.0 Å². The van der Waals surface area contributed by atoms with Crippen LogP contribution in [-0.2, 0) is 26.1 Å². The zero-order valence-corrected chi connectivity index (χ0v) is 22.3. The molecular weight excluding hydrogens is 486 g/mol. The Kier molecular flexibility index (Phi) is 8.63. The number of nitrogens with zero attached hydrogens (tertiary/aromatic N) is 3. The number of rotatable bonds is 9. The Bertz CT molecular complexity index is 1390. The number of sulfonamides is 1. The van der Waals surface area contributed by atoms with E-state index in [9.17, 15) is 18.0 Å². The van der Waals surface area contributed by atoms with E-state index in [0.717, 1.165) is 28.6 Å². The maximum absolute atomic E-state index is 13.0. The van der Waals surface area contributed by atoms with Crippen LogP contribution in [0.5, 0.6) is 0 Å². The van der Waals surface area contributed by atoms with Crippen molar-refractivity contribution >= 4 is 43.5 Å². The third kappa shape index (κ3) is 6.06. The van der Waals surface area contributed by atoms with Gasteiger partial charge in [0, 0.05) is 19.2 Å². The minimum absolute atomic E-state index is 0.0785. The Morgan fingerprint density at radius 2 is 1.83 bits per heavy atom. The number of esters is 1. The minimum atomic E-state index is -3.63. The number of hydrogen-bond acceptors (Lipinski definition) is 6. The summed E-state index contributed by atoms with van der Waals surface area (Å²) in [6.45, 7) is 6.54. The van der Waals surface area contributed by atoms with Gasteiger partial charge >= 0.3 is 5.97 Å². The van der Waals surface area contributed by atoms with Gasteiger partial charge in [0.1, 0.15) is 6.54 Å². The highest BCUT2D eigenvalue weighted by Crippen LogP contribution is 2.24. The smallest absolute Gasteiger partial charge is 0.325 e. The molecule has 188 valence electrons. The van der Waals surface area contributed by atoms with Gasteiger partial charge < -0.3 is 9.30 Å². The second kappa shape index (κ2) is 11.3. The van der Waals surface area contributed by atoms with Crippen molar-refractivity contribution in [2.24, 2.45) is 4.99 Å². The van der Waals surface area contributed by atoms with E-state index in [2.05, 4.69) is 18.8 Å². The lowest BCUT2D eigenvalue weighted by molar-refractivity contribution is -0.141. The van der Waals surface area contributed by atoms with Crippen molar-refractivity contribution in [2.45, 2.75) is 51.0 Å². The van der Waals surface area contributed by atoms with E-state index in [1.807, 2.05) is 25.1 Å². The fourth-order valence-corrected chi connectivity index (χ4v) is 5.77. The fraction of sp³-hybridized carbons (Fsp3) is 0.400. The van der Waals surface area contributed by atoms with Gasteiger partial charge in [-0.1, -0.05) is 44.6 Å². The Labute approximate surface area is 209 Å².